The fourth-order valence-electron chi connectivity index (χ4n) is 2.83. The number of phenolic OH excluding ortho intramolecular Hbond substituents is 2. The van der Waals surface area contributed by atoms with Gasteiger partial charge in [0.15, 0.2) is 0 Å². The topological polar surface area (TPSA) is 40.5 Å². The van der Waals surface area contributed by atoms with Crippen LogP contribution >= 0.6 is 0 Å². The van der Waals surface area contributed by atoms with Crippen molar-refractivity contribution in [2.45, 2.75) is 39.5 Å². The average Bonchev–Trinajstić information content (AvgIpc) is 2.51. The van der Waals surface area contributed by atoms with E-state index in [1.807, 2.05) is 36.4 Å². The molecule has 116 valence electrons. The lowest BCUT2D eigenvalue weighted by Crippen LogP contribution is -1.94. The van der Waals surface area contributed by atoms with Crippen LogP contribution in [0.1, 0.15) is 50.7 Å². The predicted molar refractivity (Wildman–Crippen MR) is 92.8 cm³/mol. The van der Waals surface area contributed by atoms with E-state index in [0.29, 0.717) is 0 Å². The number of aromatic hydroxyl groups is 2. The predicted octanol–water partition coefficient (Wildman–Crippen LogP) is 5.61. The van der Waals surface area contributed by atoms with Gasteiger partial charge < -0.3 is 10.2 Å². The SMILES string of the molecule is CCC/C(=C(/CCC)c1cccc(O)c1)c1cccc(O)c1. The Morgan fingerprint density at radius 1 is 0.727 bits per heavy atom. The minimum Gasteiger partial charge on any atom is -0.508 e. The molecule has 0 radical (unpaired) electrons. The summed E-state index contributed by atoms with van der Waals surface area (Å²) in [5.41, 5.74) is 4.64. The van der Waals surface area contributed by atoms with Gasteiger partial charge in [0.1, 0.15) is 11.5 Å². The lowest BCUT2D eigenvalue weighted by Gasteiger charge is -2.16. The minimum absolute atomic E-state index is 0.290. The zero-order valence-corrected chi connectivity index (χ0v) is 13.3. The van der Waals surface area contributed by atoms with Gasteiger partial charge in [-0.2, -0.15) is 0 Å². The van der Waals surface area contributed by atoms with E-state index in [9.17, 15) is 10.2 Å². The fourth-order valence-corrected chi connectivity index (χ4v) is 2.83. The number of hydrogen-bond donors (Lipinski definition) is 2. The highest BCUT2D eigenvalue weighted by Crippen LogP contribution is 2.35. The Balaban J connectivity index is 2.61. The van der Waals surface area contributed by atoms with Crippen molar-refractivity contribution in [2.75, 3.05) is 0 Å². The summed E-state index contributed by atoms with van der Waals surface area (Å²) >= 11 is 0. The summed E-state index contributed by atoms with van der Waals surface area (Å²) in [4.78, 5) is 0. The van der Waals surface area contributed by atoms with Crippen LogP contribution in [0.3, 0.4) is 0 Å². The molecule has 0 unspecified atom stereocenters. The van der Waals surface area contributed by atoms with E-state index in [2.05, 4.69) is 13.8 Å². The van der Waals surface area contributed by atoms with Crippen molar-refractivity contribution in [1.82, 2.24) is 0 Å². The van der Waals surface area contributed by atoms with Gasteiger partial charge in [0.2, 0.25) is 0 Å². The van der Waals surface area contributed by atoms with Gasteiger partial charge >= 0.3 is 0 Å². The molecule has 0 aliphatic heterocycles. The summed E-state index contributed by atoms with van der Waals surface area (Å²) in [6, 6.07) is 14.9. The highest BCUT2D eigenvalue weighted by molar-refractivity contribution is 5.91. The highest BCUT2D eigenvalue weighted by Gasteiger charge is 2.12. The van der Waals surface area contributed by atoms with Gasteiger partial charge in [0, 0.05) is 0 Å². The van der Waals surface area contributed by atoms with Crippen LogP contribution in [0.2, 0.25) is 0 Å². The normalized spacial score (nSPS) is 12.1. The standard InChI is InChI=1S/C20H24O2/c1-3-7-19(15-9-5-11-17(21)13-15)20(8-4-2)16-10-6-12-18(22)14-16/h5-6,9-14,21-22H,3-4,7-8H2,1-2H3/b20-19+. The van der Waals surface area contributed by atoms with Crippen molar-refractivity contribution < 1.29 is 10.2 Å². The Bertz CT molecular complexity index is 599. The van der Waals surface area contributed by atoms with E-state index in [1.165, 1.54) is 11.1 Å². The first-order valence-corrected chi connectivity index (χ1v) is 7.96. The van der Waals surface area contributed by atoms with E-state index >= 15 is 0 Å². The van der Waals surface area contributed by atoms with Gasteiger partial charge in [-0.3, -0.25) is 0 Å². The maximum atomic E-state index is 9.79. The highest BCUT2D eigenvalue weighted by atomic mass is 16.3. The van der Waals surface area contributed by atoms with E-state index in [1.54, 1.807) is 12.1 Å². The lowest BCUT2D eigenvalue weighted by molar-refractivity contribution is 0.474. The maximum Gasteiger partial charge on any atom is 0.116 e. The molecule has 0 saturated heterocycles. The van der Waals surface area contributed by atoms with Gasteiger partial charge in [0.05, 0.1) is 0 Å². The summed E-state index contributed by atoms with van der Waals surface area (Å²) in [7, 11) is 0. The van der Waals surface area contributed by atoms with Gasteiger partial charge in [-0.1, -0.05) is 51.0 Å². The van der Waals surface area contributed by atoms with Crippen LogP contribution in [0.15, 0.2) is 48.5 Å². The van der Waals surface area contributed by atoms with Crippen molar-refractivity contribution in [3.63, 3.8) is 0 Å². The van der Waals surface area contributed by atoms with Crippen LogP contribution in [0.25, 0.3) is 11.1 Å². The Hall–Kier alpha value is -2.22. The molecule has 2 rings (SSSR count). The van der Waals surface area contributed by atoms with Crippen LogP contribution in [0.5, 0.6) is 11.5 Å². The van der Waals surface area contributed by atoms with Crippen LogP contribution < -0.4 is 0 Å². The summed E-state index contributed by atoms with van der Waals surface area (Å²) < 4.78 is 0. The molecule has 0 aromatic heterocycles. The maximum absolute atomic E-state index is 9.79. The van der Waals surface area contributed by atoms with Gasteiger partial charge in [-0.25, -0.2) is 0 Å². The summed E-state index contributed by atoms with van der Waals surface area (Å²) in [6.07, 6.45) is 3.98. The number of hydrogen-bond acceptors (Lipinski definition) is 2. The van der Waals surface area contributed by atoms with E-state index in [-0.39, 0.29) is 11.5 Å². The number of benzene rings is 2. The van der Waals surface area contributed by atoms with Crippen molar-refractivity contribution in [1.29, 1.82) is 0 Å². The number of phenols is 2. The molecular weight excluding hydrogens is 272 g/mol. The second-order valence-corrected chi connectivity index (χ2v) is 5.56. The van der Waals surface area contributed by atoms with Crippen molar-refractivity contribution in [2.24, 2.45) is 0 Å². The minimum atomic E-state index is 0.290. The zero-order chi connectivity index (χ0) is 15.9. The molecule has 22 heavy (non-hydrogen) atoms. The first-order valence-electron chi connectivity index (χ1n) is 7.96. The summed E-state index contributed by atoms with van der Waals surface area (Å²) in [5.74, 6) is 0.579. The fraction of sp³-hybridized carbons (Fsp3) is 0.300. The third-order valence-corrected chi connectivity index (χ3v) is 3.75. The second-order valence-electron chi connectivity index (χ2n) is 5.56. The average molecular weight is 296 g/mol. The molecular formula is C20H24O2. The third kappa shape index (κ3) is 3.91. The van der Waals surface area contributed by atoms with Gasteiger partial charge in [0.25, 0.3) is 0 Å². The van der Waals surface area contributed by atoms with Crippen molar-refractivity contribution in [3.05, 3.63) is 59.7 Å². The van der Waals surface area contributed by atoms with Crippen LogP contribution in [0.4, 0.5) is 0 Å². The van der Waals surface area contributed by atoms with E-state index in [0.717, 1.165) is 36.8 Å². The first kappa shape index (κ1) is 16.2. The monoisotopic (exact) mass is 296 g/mol. The molecule has 2 N–H and O–H groups in total. The molecule has 2 aromatic carbocycles. The summed E-state index contributed by atoms with van der Waals surface area (Å²) in [6.45, 7) is 4.32. The van der Waals surface area contributed by atoms with E-state index < -0.39 is 0 Å². The van der Waals surface area contributed by atoms with Crippen molar-refractivity contribution in [3.8, 4) is 11.5 Å². The van der Waals surface area contributed by atoms with Crippen LogP contribution in [0, 0.1) is 0 Å². The molecule has 2 aromatic rings. The largest absolute Gasteiger partial charge is 0.508 e. The Morgan fingerprint density at radius 3 is 1.45 bits per heavy atom. The Kier molecular flexibility index (Phi) is 5.65. The number of rotatable bonds is 6. The van der Waals surface area contributed by atoms with Gasteiger partial charge in [-0.05, 0) is 59.4 Å². The van der Waals surface area contributed by atoms with Crippen LogP contribution in [-0.4, -0.2) is 10.2 Å². The quantitative estimate of drug-likeness (QED) is 0.680. The number of allylic oxidation sites excluding steroid dienone is 2. The smallest absolute Gasteiger partial charge is 0.116 e. The van der Waals surface area contributed by atoms with Crippen LogP contribution in [-0.2, 0) is 0 Å². The Morgan fingerprint density at radius 2 is 1.14 bits per heavy atom. The molecule has 0 bridgehead atoms. The molecule has 0 spiro atoms. The Labute approximate surface area is 132 Å². The van der Waals surface area contributed by atoms with E-state index in [4.69, 9.17) is 0 Å². The first-order chi connectivity index (χ1) is 10.7. The second kappa shape index (κ2) is 7.69. The third-order valence-electron chi connectivity index (χ3n) is 3.75. The molecule has 0 aliphatic rings. The molecule has 0 fully saturated rings. The molecule has 0 heterocycles. The zero-order valence-electron chi connectivity index (χ0n) is 13.3. The molecule has 0 atom stereocenters. The molecule has 0 saturated carbocycles. The van der Waals surface area contributed by atoms with Gasteiger partial charge in [-0.15, -0.1) is 0 Å². The molecule has 2 heteroatoms. The lowest BCUT2D eigenvalue weighted by atomic mass is 9.89. The molecule has 0 amide bonds. The molecule has 2 nitrogen and oxygen atoms in total. The summed E-state index contributed by atoms with van der Waals surface area (Å²) in [5, 5.41) is 19.6. The molecule has 0 aliphatic carbocycles. The van der Waals surface area contributed by atoms with Crippen molar-refractivity contribution >= 4 is 11.1 Å².